The fourth-order valence-electron chi connectivity index (χ4n) is 3.24. The molecule has 0 fully saturated rings. The predicted octanol–water partition coefficient (Wildman–Crippen LogP) is 3.05. The molecule has 1 aliphatic heterocycles. The summed E-state index contributed by atoms with van der Waals surface area (Å²) >= 11 is 0. The highest BCUT2D eigenvalue weighted by molar-refractivity contribution is 7.44. The summed E-state index contributed by atoms with van der Waals surface area (Å²) in [6.45, 7) is 7.39. The van der Waals surface area contributed by atoms with E-state index >= 15 is 0 Å². The van der Waals surface area contributed by atoms with Crippen LogP contribution in [0.1, 0.15) is 40.5 Å². The Labute approximate surface area is 173 Å². The zero-order valence-electron chi connectivity index (χ0n) is 17.4. The number of rotatable bonds is 11. The van der Waals surface area contributed by atoms with E-state index in [1.807, 2.05) is 32.9 Å². The fraction of sp³-hybridized carbons (Fsp3) is 0.571. The number of aliphatic hydroxyl groups is 1. The molecule has 0 saturated carbocycles. The molecule has 0 aliphatic carbocycles. The van der Waals surface area contributed by atoms with Crippen LogP contribution in [0.4, 0.5) is 0 Å². The minimum Gasteiger partial charge on any atom is -0.756 e. The predicted molar refractivity (Wildman–Crippen MR) is 110 cm³/mol. The van der Waals surface area contributed by atoms with E-state index in [0.717, 1.165) is 0 Å². The smallest absolute Gasteiger partial charge is 0.330 e. The van der Waals surface area contributed by atoms with E-state index in [4.69, 9.17) is 14.2 Å². The van der Waals surface area contributed by atoms with Crippen molar-refractivity contribution in [2.75, 3.05) is 0 Å². The van der Waals surface area contributed by atoms with Gasteiger partial charge in [-0.3, -0.25) is 4.57 Å². The summed E-state index contributed by atoms with van der Waals surface area (Å²) in [5.41, 5.74) is 0. The molecule has 0 saturated heterocycles. The van der Waals surface area contributed by atoms with Crippen LogP contribution in [0.2, 0.25) is 0 Å². The molecule has 1 unspecified atom stereocenters. The quantitative estimate of drug-likeness (QED) is 0.296. The van der Waals surface area contributed by atoms with Gasteiger partial charge in [0.15, 0.2) is 0 Å². The molecule has 0 aromatic heterocycles. The van der Waals surface area contributed by atoms with Gasteiger partial charge in [0.05, 0.1) is 12.2 Å². The zero-order valence-corrected chi connectivity index (χ0v) is 18.3. The minimum atomic E-state index is -4.98. The molecular formula is C21H32O7P-. The highest BCUT2D eigenvalue weighted by Crippen LogP contribution is 2.38. The highest BCUT2D eigenvalue weighted by Gasteiger charge is 2.31. The van der Waals surface area contributed by atoms with E-state index in [1.165, 1.54) is 12.2 Å². The number of carbonyl (C=O) groups is 1. The lowest BCUT2D eigenvalue weighted by molar-refractivity contribution is -0.226. The van der Waals surface area contributed by atoms with Crippen molar-refractivity contribution in [1.82, 2.24) is 0 Å². The Morgan fingerprint density at radius 2 is 1.93 bits per heavy atom. The molecule has 0 aromatic carbocycles. The maximum absolute atomic E-state index is 11.5. The molecule has 8 heteroatoms. The molecule has 2 N–H and O–H groups in total. The molecule has 0 amide bonds. The van der Waals surface area contributed by atoms with E-state index in [-0.39, 0.29) is 24.4 Å². The van der Waals surface area contributed by atoms with Crippen molar-refractivity contribution in [3.63, 3.8) is 0 Å². The van der Waals surface area contributed by atoms with Crippen molar-refractivity contribution in [2.24, 2.45) is 17.8 Å². The van der Waals surface area contributed by atoms with Crippen LogP contribution in [0.3, 0.4) is 0 Å². The monoisotopic (exact) mass is 427 g/mol. The number of cyclic esters (lactones) is 1. The van der Waals surface area contributed by atoms with E-state index in [9.17, 15) is 19.4 Å². The first-order valence-corrected chi connectivity index (χ1v) is 11.3. The molecule has 0 radical (unpaired) electrons. The van der Waals surface area contributed by atoms with Gasteiger partial charge >= 0.3 is 5.97 Å². The SMILES string of the molecule is C/C=C/C=C\C=C/[C@H](O)[C@H](C)[C@H](CC[C@H](C)[C@@H]1OC(=O)C=C[C@@H]1C)OP(=O)([O-])O. The first-order chi connectivity index (χ1) is 13.5. The molecule has 29 heavy (non-hydrogen) atoms. The molecule has 1 aliphatic rings. The second kappa shape index (κ2) is 12.3. The third-order valence-electron chi connectivity index (χ3n) is 5.00. The fourth-order valence-corrected chi connectivity index (χ4v) is 3.88. The number of hydrogen-bond acceptors (Lipinski definition) is 6. The maximum atomic E-state index is 11.5. The van der Waals surface area contributed by atoms with Crippen LogP contribution in [0.25, 0.3) is 0 Å². The van der Waals surface area contributed by atoms with Gasteiger partial charge in [0.25, 0.3) is 7.82 Å². The number of phosphoric acid groups is 1. The van der Waals surface area contributed by atoms with Gasteiger partial charge < -0.3 is 24.2 Å². The summed E-state index contributed by atoms with van der Waals surface area (Å²) in [4.78, 5) is 32.0. The van der Waals surface area contributed by atoms with E-state index in [2.05, 4.69) is 0 Å². The lowest BCUT2D eigenvalue weighted by atomic mass is 9.85. The number of aliphatic hydroxyl groups excluding tert-OH is 1. The summed E-state index contributed by atoms with van der Waals surface area (Å²) in [5.74, 6) is -1.000. The maximum Gasteiger partial charge on any atom is 0.330 e. The summed E-state index contributed by atoms with van der Waals surface area (Å²) in [5, 5.41) is 10.4. The second-order valence-corrected chi connectivity index (χ2v) is 8.58. The summed E-state index contributed by atoms with van der Waals surface area (Å²) in [7, 11) is -4.98. The zero-order chi connectivity index (χ0) is 22.0. The lowest BCUT2D eigenvalue weighted by Crippen LogP contribution is -2.35. The number of ether oxygens (including phenoxy) is 1. The molecule has 7 atom stereocenters. The third kappa shape index (κ3) is 9.70. The molecule has 1 heterocycles. The molecule has 0 bridgehead atoms. The highest BCUT2D eigenvalue weighted by atomic mass is 31.2. The summed E-state index contributed by atoms with van der Waals surface area (Å²) in [6, 6.07) is 0. The lowest BCUT2D eigenvalue weighted by Gasteiger charge is -2.33. The van der Waals surface area contributed by atoms with Crippen molar-refractivity contribution >= 4 is 13.8 Å². The van der Waals surface area contributed by atoms with Gasteiger partial charge in [0.2, 0.25) is 0 Å². The Morgan fingerprint density at radius 3 is 2.55 bits per heavy atom. The normalized spacial score (nSPS) is 26.5. The van der Waals surface area contributed by atoms with Gasteiger partial charge in [0.1, 0.15) is 6.10 Å². The van der Waals surface area contributed by atoms with Crippen LogP contribution in [0.15, 0.2) is 48.6 Å². The van der Waals surface area contributed by atoms with Crippen LogP contribution >= 0.6 is 7.82 Å². The van der Waals surface area contributed by atoms with Crippen molar-refractivity contribution in [1.29, 1.82) is 0 Å². The Hall–Kier alpha value is -1.50. The van der Waals surface area contributed by atoms with E-state index < -0.39 is 31.9 Å². The van der Waals surface area contributed by atoms with Crippen molar-refractivity contribution in [3.8, 4) is 0 Å². The molecule has 164 valence electrons. The topological polar surface area (TPSA) is 116 Å². The molecule has 1 rings (SSSR count). The van der Waals surface area contributed by atoms with Gasteiger partial charge in [-0.1, -0.05) is 63.3 Å². The average Bonchev–Trinajstić information content (AvgIpc) is 2.64. The Morgan fingerprint density at radius 1 is 1.28 bits per heavy atom. The van der Waals surface area contributed by atoms with E-state index in [0.29, 0.717) is 6.42 Å². The van der Waals surface area contributed by atoms with Gasteiger partial charge in [-0.05, 0) is 25.7 Å². The standard InChI is InChI=1S/C21H33O7P/c1-5-6-7-8-9-10-18(22)17(4)19(28-29(24,25)26)13-11-15(2)21-16(3)12-14-20(23)27-21/h5-10,12,14-19,21-22H,11,13H2,1-4H3,(H2,24,25,26)/p-1/b6-5+,8-7-,10-9-/t15-,16-,17-,18-,19-,21-/m0/s1. The number of esters is 1. The van der Waals surface area contributed by atoms with Gasteiger partial charge in [-0.25, -0.2) is 4.79 Å². The Kier molecular flexibility index (Phi) is 10.8. The van der Waals surface area contributed by atoms with Crippen LogP contribution in [-0.4, -0.2) is 34.3 Å². The van der Waals surface area contributed by atoms with Gasteiger partial charge in [-0.15, -0.1) is 0 Å². The number of hydrogen-bond donors (Lipinski definition) is 2. The molecule has 7 nitrogen and oxygen atoms in total. The minimum absolute atomic E-state index is 0.0421. The second-order valence-electron chi connectivity index (χ2n) is 7.43. The number of allylic oxidation sites excluding steroid dienone is 5. The average molecular weight is 427 g/mol. The van der Waals surface area contributed by atoms with Gasteiger partial charge in [0, 0.05) is 17.9 Å². The van der Waals surface area contributed by atoms with Crippen LogP contribution in [0, 0.1) is 17.8 Å². The van der Waals surface area contributed by atoms with Crippen molar-refractivity contribution in [2.45, 2.75) is 58.8 Å². The molecule has 0 aromatic rings. The Bertz CT molecular complexity index is 677. The largest absolute Gasteiger partial charge is 0.756 e. The molecular weight excluding hydrogens is 395 g/mol. The molecule has 0 spiro atoms. The summed E-state index contributed by atoms with van der Waals surface area (Å²) < 4.78 is 21.5. The van der Waals surface area contributed by atoms with Crippen LogP contribution in [0.5, 0.6) is 0 Å². The van der Waals surface area contributed by atoms with Gasteiger partial charge in [-0.2, -0.15) is 0 Å². The van der Waals surface area contributed by atoms with E-state index in [1.54, 1.807) is 31.2 Å². The first kappa shape index (κ1) is 25.5. The third-order valence-corrected chi connectivity index (χ3v) is 5.54. The van der Waals surface area contributed by atoms with Crippen molar-refractivity contribution in [3.05, 3.63) is 48.6 Å². The number of phosphoric ester groups is 1. The Balaban J connectivity index is 2.77. The van der Waals surface area contributed by atoms with Crippen LogP contribution < -0.4 is 4.89 Å². The summed E-state index contributed by atoms with van der Waals surface area (Å²) in [6.07, 6.45) is 12.2. The van der Waals surface area contributed by atoms with Crippen molar-refractivity contribution < 1.29 is 33.5 Å². The first-order valence-electron chi connectivity index (χ1n) is 9.80. The van der Waals surface area contributed by atoms with Crippen LogP contribution in [-0.2, 0) is 18.6 Å². The number of carbonyl (C=O) groups excluding carboxylic acids is 1.